The van der Waals surface area contributed by atoms with Crippen LogP contribution in [0.5, 0.6) is 0 Å². The maximum atomic E-state index is 5.96. The van der Waals surface area contributed by atoms with Gasteiger partial charge in [0.05, 0.1) is 84.2 Å². The smallest absolute Gasteiger partial charge is 0.400 e. The molecule has 0 spiro atoms. The van der Waals surface area contributed by atoms with Crippen LogP contribution in [0.15, 0.2) is 60.1 Å². The van der Waals surface area contributed by atoms with Crippen LogP contribution in [0, 0.1) is 0 Å². The lowest BCUT2D eigenvalue weighted by Crippen LogP contribution is -2.41. The van der Waals surface area contributed by atoms with Crippen LogP contribution >= 0.6 is 15.9 Å². The summed E-state index contributed by atoms with van der Waals surface area (Å²) >= 11 is 3.62. The molecule has 0 radical (unpaired) electrons. The summed E-state index contributed by atoms with van der Waals surface area (Å²) < 4.78 is 39.1. The molecule has 3 fully saturated rings. The topological polar surface area (TPSA) is 116 Å². The zero-order valence-corrected chi connectivity index (χ0v) is 35.8. The first-order valence-corrected chi connectivity index (χ1v) is 21.8. The van der Waals surface area contributed by atoms with Crippen molar-refractivity contribution < 1.29 is 28.3 Å². The van der Waals surface area contributed by atoms with Gasteiger partial charge in [0.15, 0.2) is 11.3 Å². The number of halogens is 1. The lowest BCUT2D eigenvalue weighted by Gasteiger charge is -2.32. The van der Waals surface area contributed by atoms with Gasteiger partial charge < -0.3 is 28.3 Å². The second-order valence-corrected chi connectivity index (χ2v) is 17.8. The van der Waals surface area contributed by atoms with Crippen LogP contribution in [0.2, 0.25) is 0 Å². The average molecular weight is 854 g/mol. The van der Waals surface area contributed by atoms with Crippen LogP contribution in [-0.4, -0.2) is 99.9 Å². The molecule has 0 atom stereocenters. The van der Waals surface area contributed by atoms with Crippen molar-refractivity contribution >= 4 is 44.4 Å². The summed E-state index contributed by atoms with van der Waals surface area (Å²) in [6.07, 6.45) is 24.9. The Kier molecular flexibility index (Phi) is 11.6. The van der Waals surface area contributed by atoms with Gasteiger partial charge in [-0.25, -0.2) is 9.97 Å². The molecule has 0 unspecified atom stereocenters. The van der Waals surface area contributed by atoms with Gasteiger partial charge in [-0.1, -0.05) is 24.3 Å². The third kappa shape index (κ3) is 8.05. The summed E-state index contributed by atoms with van der Waals surface area (Å²) in [7, 11) is -0.182. The molecule has 7 aliphatic rings. The molecule has 2 aliphatic carbocycles. The molecule has 0 saturated carbocycles. The largest absolute Gasteiger partial charge is 0.490 e. The van der Waals surface area contributed by atoms with E-state index in [4.69, 9.17) is 38.2 Å². The third-order valence-electron chi connectivity index (χ3n) is 12.8. The standard InChI is InChI=1S/C19H21N3O2.C14H14BrN3O.C11H19BO3/c1-2-16-19(15(1)13-3-7-23-8-4-13)22-12-17(21-18(22)11-20-16)14-5-9-24-10-6-14;15-10-1-2-11-14(10)18-8-12(17-13(18)7-16-11)9-3-5-19-6-4-9;1-10(2)11(3,4)15-12(14-10)9-5-7-13-8-6-9/h1,3,11-12,14H,2,4-10H2;1,7-9H,2-6H2;5H,6-8H2,1-4H3. The fourth-order valence-electron chi connectivity index (χ4n) is 8.64. The molecule has 0 amide bonds. The molecular weight excluding hydrogens is 799 g/mol. The van der Waals surface area contributed by atoms with Crippen LogP contribution in [0.25, 0.3) is 21.3 Å². The molecule has 3 saturated heterocycles. The van der Waals surface area contributed by atoms with Gasteiger partial charge in [0.1, 0.15) is 0 Å². The molecule has 5 aliphatic heterocycles. The highest BCUT2D eigenvalue weighted by molar-refractivity contribution is 9.15. The van der Waals surface area contributed by atoms with E-state index in [1.807, 2.05) is 12.4 Å². The van der Waals surface area contributed by atoms with Gasteiger partial charge in [0.2, 0.25) is 0 Å². The van der Waals surface area contributed by atoms with E-state index in [1.165, 1.54) is 33.7 Å². The van der Waals surface area contributed by atoms with E-state index in [1.54, 1.807) is 0 Å². The number of ether oxygens (including phenoxy) is 4. The van der Waals surface area contributed by atoms with Crippen LogP contribution in [-0.2, 0) is 41.1 Å². The Morgan fingerprint density at radius 1 is 0.638 bits per heavy atom. The van der Waals surface area contributed by atoms with E-state index in [2.05, 4.69) is 99.1 Å². The van der Waals surface area contributed by atoms with Crippen molar-refractivity contribution in [2.24, 2.45) is 0 Å². The minimum Gasteiger partial charge on any atom is -0.400 e. The molecular formula is C44H54BBrN6O6. The van der Waals surface area contributed by atoms with Gasteiger partial charge in [-0.3, -0.25) is 18.8 Å². The number of imidazole rings is 2. The monoisotopic (exact) mass is 852 g/mol. The number of aromatic nitrogens is 6. The second kappa shape index (κ2) is 16.9. The molecule has 0 aromatic carbocycles. The van der Waals surface area contributed by atoms with Gasteiger partial charge in [-0.2, -0.15) is 0 Å². The number of hydrogen-bond donors (Lipinski definition) is 0. The SMILES string of the molecule is BrC1=CCc2ncc3nc(C4CCOCC4)cn3c21.C1=C(C2=CCc3ncc4nc(C5CCOCC5)cn4c32)CCOC1.CC1(C)OB(C2=CCOCC2)OC1(C)C. The molecule has 0 bridgehead atoms. The molecule has 14 heteroatoms. The third-order valence-corrected chi connectivity index (χ3v) is 13.5. The molecule has 4 aromatic rings. The number of fused-ring (bicyclic) bond motifs is 6. The van der Waals surface area contributed by atoms with E-state index in [0.717, 1.165) is 124 Å². The van der Waals surface area contributed by atoms with Crippen LogP contribution < -0.4 is 0 Å². The minimum atomic E-state index is -0.239. The first-order chi connectivity index (χ1) is 28.1. The Labute approximate surface area is 349 Å². The van der Waals surface area contributed by atoms with Crippen molar-refractivity contribution in [3.05, 3.63) is 94.3 Å². The zero-order chi connectivity index (χ0) is 39.9. The fraction of sp³-hybridized carbons (Fsp3) is 0.545. The Balaban J connectivity index is 0.000000116. The van der Waals surface area contributed by atoms with Crippen LogP contribution in [0.3, 0.4) is 0 Å². The highest BCUT2D eigenvalue weighted by Crippen LogP contribution is 2.40. The maximum Gasteiger partial charge on any atom is 0.490 e. The first-order valence-electron chi connectivity index (χ1n) is 21.0. The predicted octanol–water partition coefficient (Wildman–Crippen LogP) is 7.79. The van der Waals surface area contributed by atoms with Gasteiger partial charge >= 0.3 is 7.12 Å². The Morgan fingerprint density at radius 2 is 1.17 bits per heavy atom. The summed E-state index contributed by atoms with van der Waals surface area (Å²) in [6.45, 7) is 14.6. The Bertz CT molecular complexity index is 2270. The highest BCUT2D eigenvalue weighted by Gasteiger charge is 2.52. The Morgan fingerprint density at radius 3 is 1.72 bits per heavy atom. The summed E-state index contributed by atoms with van der Waals surface area (Å²) in [4.78, 5) is 18.8. The molecule has 9 heterocycles. The van der Waals surface area contributed by atoms with Gasteiger partial charge in [-0.05, 0) is 98.8 Å². The predicted molar refractivity (Wildman–Crippen MR) is 227 cm³/mol. The zero-order valence-electron chi connectivity index (χ0n) is 34.2. The van der Waals surface area contributed by atoms with E-state index < -0.39 is 0 Å². The van der Waals surface area contributed by atoms with Crippen molar-refractivity contribution in [2.45, 2.75) is 102 Å². The minimum absolute atomic E-state index is 0.182. The lowest BCUT2D eigenvalue weighted by molar-refractivity contribution is 0.00578. The number of nitrogens with zero attached hydrogens (tertiary/aromatic N) is 6. The van der Waals surface area contributed by atoms with Crippen molar-refractivity contribution in [2.75, 3.05) is 52.9 Å². The summed E-state index contributed by atoms with van der Waals surface area (Å²) in [5.41, 5.74) is 12.4. The summed E-state index contributed by atoms with van der Waals surface area (Å²) in [6, 6.07) is 0. The highest BCUT2D eigenvalue weighted by atomic mass is 79.9. The number of allylic oxidation sites excluding steroid dienone is 3. The average Bonchev–Trinajstić information content (AvgIpc) is 4.09. The van der Waals surface area contributed by atoms with Gasteiger partial charge in [-0.15, -0.1) is 0 Å². The van der Waals surface area contributed by atoms with E-state index >= 15 is 0 Å². The fourth-order valence-corrected chi connectivity index (χ4v) is 9.22. The van der Waals surface area contributed by atoms with Gasteiger partial charge in [0, 0.05) is 68.0 Å². The van der Waals surface area contributed by atoms with E-state index in [-0.39, 0.29) is 18.3 Å². The molecule has 0 N–H and O–H groups in total. The molecule has 58 heavy (non-hydrogen) atoms. The van der Waals surface area contributed by atoms with Crippen molar-refractivity contribution in [1.82, 2.24) is 28.7 Å². The lowest BCUT2D eigenvalue weighted by atomic mass is 9.75. The van der Waals surface area contributed by atoms with E-state index in [9.17, 15) is 0 Å². The Hall–Kier alpha value is -3.50. The van der Waals surface area contributed by atoms with Gasteiger partial charge in [0.25, 0.3) is 0 Å². The summed E-state index contributed by atoms with van der Waals surface area (Å²) in [5.74, 6) is 1.03. The normalized spacial score (nSPS) is 22.9. The quantitative estimate of drug-likeness (QED) is 0.189. The van der Waals surface area contributed by atoms with Crippen LogP contribution in [0.4, 0.5) is 0 Å². The van der Waals surface area contributed by atoms with Crippen molar-refractivity contribution in [3.8, 4) is 0 Å². The molecule has 12 nitrogen and oxygen atoms in total. The number of rotatable bonds is 4. The first kappa shape index (κ1) is 39.9. The van der Waals surface area contributed by atoms with Crippen molar-refractivity contribution in [3.63, 3.8) is 0 Å². The molecule has 306 valence electrons. The van der Waals surface area contributed by atoms with Crippen LogP contribution in [0.1, 0.15) is 112 Å². The molecule has 4 aromatic heterocycles. The molecule has 11 rings (SSSR count). The summed E-state index contributed by atoms with van der Waals surface area (Å²) in [5, 5.41) is 0. The maximum absolute atomic E-state index is 5.96. The second-order valence-electron chi connectivity index (χ2n) is 17.0. The van der Waals surface area contributed by atoms with E-state index in [0.29, 0.717) is 25.0 Å². The van der Waals surface area contributed by atoms with Crippen molar-refractivity contribution in [1.29, 1.82) is 0 Å². The number of hydrogen-bond acceptors (Lipinski definition) is 10.